The van der Waals surface area contributed by atoms with Gasteiger partial charge in [-0.05, 0) is 47.0 Å². The lowest BCUT2D eigenvalue weighted by Gasteiger charge is -2.29. The van der Waals surface area contributed by atoms with Gasteiger partial charge in [0.05, 0.1) is 0 Å². The van der Waals surface area contributed by atoms with Crippen LogP contribution in [0.4, 0.5) is 4.79 Å². The molecule has 0 bridgehead atoms. The molecule has 0 aromatic carbocycles. The molecule has 146 valence electrons. The Kier molecular flexibility index (Phi) is 8.14. The molecule has 0 aliphatic heterocycles. The van der Waals surface area contributed by atoms with Crippen LogP contribution in [0.2, 0.25) is 0 Å². The summed E-state index contributed by atoms with van der Waals surface area (Å²) in [4.78, 5) is 24.4. The van der Waals surface area contributed by atoms with E-state index in [9.17, 15) is 18.0 Å². The van der Waals surface area contributed by atoms with Crippen molar-refractivity contribution in [1.82, 2.24) is 10.6 Å². The van der Waals surface area contributed by atoms with Gasteiger partial charge in [0.1, 0.15) is 11.1 Å². The van der Waals surface area contributed by atoms with Gasteiger partial charge in [0.15, 0.2) is 9.84 Å². The Hall–Kier alpha value is -1.57. The Morgan fingerprint density at radius 3 is 2.04 bits per heavy atom. The molecule has 2 amide bonds. The van der Waals surface area contributed by atoms with Crippen LogP contribution in [0.3, 0.4) is 0 Å². The number of carbonyl (C=O) groups excluding carboxylic acids is 2. The van der Waals surface area contributed by atoms with Gasteiger partial charge in [-0.15, -0.1) is 0 Å². The minimum atomic E-state index is -3.29. The molecular formula is C17H32N2O5S. The zero-order valence-electron chi connectivity index (χ0n) is 16.5. The third-order valence-corrected chi connectivity index (χ3v) is 3.63. The molecule has 1 atom stereocenters. The highest BCUT2D eigenvalue weighted by Crippen LogP contribution is 2.12. The molecule has 0 saturated carbocycles. The Morgan fingerprint density at radius 2 is 1.64 bits per heavy atom. The summed E-state index contributed by atoms with van der Waals surface area (Å²) in [7, 11) is -3.29. The van der Waals surface area contributed by atoms with Crippen LogP contribution < -0.4 is 10.6 Å². The average Bonchev–Trinajstić information content (AvgIpc) is 2.30. The van der Waals surface area contributed by atoms with E-state index in [1.165, 1.54) is 6.08 Å². The van der Waals surface area contributed by atoms with E-state index in [1.54, 1.807) is 34.6 Å². The van der Waals surface area contributed by atoms with E-state index in [1.807, 2.05) is 13.8 Å². The van der Waals surface area contributed by atoms with Gasteiger partial charge in [0.2, 0.25) is 5.91 Å². The topological polar surface area (TPSA) is 102 Å². The van der Waals surface area contributed by atoms with E-state index in [2.05, 4.69) is 10.6 Å². The van der Waals surface area contributed by atoms with Gasteiger partial charge in [-0.2, -0.15) is 0 Å². The molecule has 0 aromatic rings. The largest absolute Gasteiger partial charge is 0.444 e. The van der Waals surface area contributed by atoms with Crippen LogP contribution in [0, 0.1) is 5.92 Å². The van der Waals surface area contributed by atoms with Gasteiger partial charge in [-0.25, -0.2) is 13.2 Å². The fourth-order valence-electron chi connectivity index (χ4n) is 1.90. The van der Waals surface area contributed by atoms with Gasteiger partial charge in [-0.3, -0.25) is 4.79 Å². The molecule has 0 radical (unpaired) electrons. The minimum Gasteiger partial charge on any atom is -0.444 e. The predicted molar refractivity (Wildman–Crippen MR) is 98.8 cm³/mol. The molecule has 0 fully saturated rings. The first-order valence-electron chi connectivity index (χ1n) is 8.22. The third-order valence-electron chi connectivity index (χ3n) is 2.98. The monoisotopic (exact) mass is 376 g/mol. The van der Waals surface area contributed by atoms with Crippen molar-refractivity contribution >= 4 is 21.8 Å². The second-order valence-electron chi connectivity index (χ2n) is 8.12. The lowest BCUT2D eigenvalue weighted by Crippen LogP contribution is -2.57. The van der Waals surface area contributed by atoms with Crippen molar-refractivity contribution in [3.8, 4) is 0 Å². The van der Waals surface area contributed by atoms with Crippen LogP contribution in [0.5, 0.6) is 0 Å². The summed E-state index contributed by atoms with van der Waals surface area (Å²) < 4.78 is 27.8. The Labute approximate surface area is 151 Å². The maximum Gasteiger partial charge on any atom is 0.408 e. The van der Waals surface area contributed by atoms with Crippen LogP contribution in [0.1, 0.15) is 54.9 Å². The van der Waals surface area contributed by atoms with Crippen molar-refractivity contribution in [2.75, 3.05) is 6.26 Å². The molecule has 0 unspecified atom stereocenters. The van der Waals surface area contributed by atoms with E-state index in [-0.39, 0.29) is 5.92 Å². The number of ether oxygens (including phenoxy) is 1. The lowest BCUT2D eigenvalue weighted by molar-refractivity contribution is -0.127. The maximum absolute atomic E-state index is 12.5. The SMILES string of the molecule is CC(C)C[C@@H](/C=C/S(C)(=O)=O)NC(=O)C(C)(C)NC(=O)OC(C)(C)C. The zero-order valence-corrected chi connectivity index (χ0v) is 17.3. The molecule has 25 heavy (non-hydrogen) atoms. The molecule has 0 heterocycles. The summed E-state index contributed by atoms with van der Waals surface area (Å²) >= 11 is 0. The number of hydrogen-bond acceptors (Lipinski definition) is 5. The summed E-state index contributed by atoms with van der Waals surface area (Å²) in [6.45, 7) is 12.2. The standard InChI is InChI=1S/C17H32N2O5S/c1-12(2)11-13(9-10-25(8,22)23)18-14(20)17(6,7)19-15(21)24-16(3,4)5/h9-10,12-13H,11H2,1-8H3,(H,18,20)(H,19,21)/b10-9+/t13-/m1/s1. The van der Waals surface area contributed by atoms with E-state index in [4.69, 9.17) is 4.74 Å². The summed E-state index contributed by atoms with van der Waals surface area (Å²) in [5.41, 5.74) is -1.88. The Balaban J connectivity index is 5.07. The van der Waals surface area contributed by atoms with E-state index < -0.39 is 39.0 Å². The number of rotatable bonds is 7. The Bertz CT molecular complexity index is 601. The van der Waals surface area contributed by atoms with Crippen LogP contribution in [-0.4, -0.2) is 43.9 Å². The van der Waals surface area contributed by atoms with Gasteiger partial charge in [-0.1, -0.05) is 19.9 Å². The fraction of sp³-hybridized carbons (Fsp3) is 0.765. The molecular weight excluding hydrogens is 344 g/mol. The molecule has 2 N–H and O–H groups in total. The fourth-order valence-corrected chi connectivity index (χ4v) is 2.37. The lowest BCUT2D eigenvalue weighted by atomic mass is 10.0. The molecule has 0 aromatic heterocycles. The van der Waals surface area contributed by atoms with Crippen molar-refractivity contribution in [3.05, 3.63) is 11.5 Å². The molecule has 0 aliphatic rings. The number of nitrogens with one attached hydrogen (secondary N) is 2. The molecule has 7 nitrogen and oxygen atoms in total. The molecule has 0 aliphatic carbocycles. The second kappa shape index (κ2) is 8.69. The highest BCUT2D eigenvalue weighted by atomic mass is 32.2. The quantitative estimate of drug-likeness (QED) is 0.710. The summed E-state index contributed by atoms with van der Waals surface area (Å²) in [5, 5.41) is 6.38. The highest BCUT2D eigenvalue weighted by Gasteiger charge is 2.32. The van der Waals surface area contributed by atoms with Crippen molar-refractivity contribution < 1.29 is 22.7 Å². The Morgan fingerprint density at radius 1 is 1.12 bits per heavy atom. The first kappa shape index (κ1) is 23.4. The number of alkyl carbamates (subject to hydrolysis) is 1. The van der Waals surface area contributed by atoms with Gasteiger partial charge in [0.25, 0.3) is 0 Å². The number of amides is 2. The first-order chi connectivity index (χ1) is 11.0. The van der Waals surface area contributed by atoms with Crippen molar-refractivity contribution in [2.45, 2.75) is 72.1 Å². The zero-order chi connectivity index (χ0) is 20.1. The molecule has 0 rings (SSSR count). The number of carbonyl (C=O) groups is 2. The van der Waals surface area contributed by atoms with E-state index >= 15 is 0 Å². The smallest absolute Gasteiger partial charge is 0.408 e. The maximum atomic E-state index is 12.5. The second-order valence-corrected chi connectivity index (χ2v) is 10.1. The number of sulfone groups is 1. The molecule has 0 saturated heterocycles. The summed E-state index contributed by atoms with van der Waals surface area (Å²) in [6, 6.07) is -0.457. The van der Waals surface area contributed by atoms with Crippen molar-refractivity contribution in [1.29, 1.82) is 0 Å². The van der Waals surface area contributed by atoms with Crippen LogP contribution in [-0.2, 0) is 19.4 Å². The van der Waals surface area contributed by atoms with Gasteiger partial charge in [0, 0.05) is 17.7 Å². The van der Waals surface area contributed by atoms with Gasteiger partial charge >= 0.3 is 6.09 Å². The van der Waals surface area contributed by atoms with Crippen LogP contribution in [0.25, 0.3) is 0 Å². The normalized spacial score (nSPS) is 14.4. The molecule has 0 spiro atoms. The highest BCUT2D eigenvalue weighted by molar-refractivity contribution is 7.93. The van der Waals surface area contributed by atoms with Crippen LogP contribution in [0.15, 0.2) is 11.5 Å². The summed E-state index contributed by atoms with van der Waals surface area (Å²) in [6.07, 6.45) is 2.42. The number of hydrogen-bond donors (Lipinski definition) is 2. The minimum absolute atomic E-state index is 0.247. The van der Waals surface area contributed by atoms with E-state index in [0.717, 1.165) is 11.7 Å². The van der Waals surface area contributed by atoms with Crippen molar-refractivity contribution in [2.24, 2.45) is 5.92 Å². The third kappa shape index (κ3) is 11.6. The average molecular weight is 377 g/mol. The van der Waals surface area contributed by atoms with Crippen LogP contribution >= 0.6 is 0 Å². The van der Waals surface area contributed by atoms with Crippen molar-refractivity contribution in [3.63, 3.8) is 0 Å². The molecule has 8 heteroatoms. The van der Waals surface area contributed by atoms with Gasteiger partial charge < -0.3 is 15.4 Å². The summed E-state index contributed by atoms with van der Waals surface area (Å²) in [5.74, 6) is -0.182. The predicted octanol–water partition coefficient (Wildman–Crippen LogP) is 2.38. The first-order valence-corrected chi connectivity index (χ1v) is 10.2. The van der Waals surface area contributed by atoms with E-state index in [0.29, 0.717) is 6.42 Å².